The molecular formula is C13H13BrClNOS. The summed E-state index contributed by atoms with van der Waals surface area (Å²) >= 11 is 11.3. The minimum atomic E-state index is 0.620. The Bertz CT molecular complexity index is 529. The third-order valence-corrected chi connectivity index (χ3v) is 4.20. The molecule has 1 aromatic heterocycles. The maximum atomic E-state index is 6.12. The van der Waals surface area contributed by atoms with Gasteiger partial charge in [-0.25, -0.2) is 0 Å². The van der Waals surface area contributed by atoms with Crippen molar-refractivity contribution >= 4 is 44.6 Å². The third kappa shape index (κ3) is 3.64. The molecule has 0 unspecified atom stereocenters. The van der Waals surface area contributed by atoms with Crippen LogP contribution >= 0.6 is 38.9 Å². The first-order valence-corrected chi connectivity index (χ1v) is 7.63. The van der Waals surface area contributed by atoms with E-state index in [1.165, 1.54) is 5.56 Å². The molecule has 0 aliphatic carbocycles. The molecule has 0 radical (unpaired) electrons. The van der Waals surface area contributed by atoms with E-state index in [1.54, 1.807) is 11.3 Å². The van der Waals surface area contributed by atoms with Gasteiger partial charge >= 0.3 is 0 Å². The zero-order valence-electron chi connectivity index (χ0n) is 9.87. The van der Waals surface area contributed by atoms with Crippen molar-refractivity contribution in [2.24, 2.45) is 0 Å². The molecular weight excluding hydrogens is 334 g/mol. The Labute approximate surface area is 124 Å². The van der Waals surface area contributed by atoms with Crippen molar-refractivity contribution in [2.75, 3.05) is 11.9 Å². The van der Waals surface area contributed by atoms with Gasteiger partial charge in [0.05, 0.1) is 15.4 Å². The standard InChI is InChI=1S/C13H13BrClNOS/c1-2-17-12-4-3-10(6-11(12)15)16-7-9-5-13(14)18-8-9/h3-6,8,16H,2,7H2,1H3. The summed E-state index contributed by atoms with van der Waals surface area (Å²) < 4.78 is 6.54. The maximum absolute atomic E-state index is 6.12. The lowest BCUT2D eigenvalue weighted by Crippen LogP contribution is -1.98. The number of anilines is 1. The molecule has 0 saturated carbocycles. The highest BCUT2D eigenvalue weighted by molar-refractivity contribution is 9.11. The first-order valence-electron chi connectivity index (χ1n) is 5.58. The highest BCUT2D eigenvalue weighted by Crippen LogP contribution is 2.28. The second kappa shape index (κ2) is 6.45. The van der Waals surface area contributed by atoms with Gasteiger partial charge in [0.15, 0.2) is 0 Å². The van der Waals surface area contributed by atoms with E-state index in [4.69, 9.17) is 16.3 Å². The molecule has 1 aromatic carbocycles. The van der Waals surface area contributed by atoms with Gasteiger partial charge in [-0.15, -0.1) is 11.3 Å². The third-order valence-electron chi connectivity index (χ3n) is 2.35. The van der Waals surface area contributed by atoms with Crippen LogP contribution < -0.4 is 10.1 Å². The van der Waals surface area contributed by atoms with Crippen molar-refractivity contribution < 1.29 is 4.74 Å². The summed E-state index contributed by atoms with van der Waals surface area (Å²) in [6.07, 6.45) is 0. The summed E-state index contributed by atoms with van der Waals surface area (Å²) in [5.41, 5.74) is 2.24. The van der Waals surface area contributed by atoms with Crippen LogP contribution in [-0.2, 0) is 6.54 Å². The molecule has 1 heterocycles. The van der Waals surface area contributed by atoms with Gasteiger partial charge in [0.25, 0.3) is 0 Å². The summed E-state index contributed by atoms with van der Waals surface area (Å²) in [5, 5.41) is 6.08. The van der Waals surface area contributed by atoms with Crippen LogP contribution in [0.15, 0.2) is 33.4 Å². The fraction of sp³-hybridized carbons (Fsp3) is 0.231. The van der Waals surface area contributed by atoms with E-state index < -0.39 is 0 Å². The molecule has 2 rings (SSSR count). The van der Waals surface area contributed by atoms with Crippen molar-refractivity contribution in [1.82, 2.24) is 0 Å². The Morgan fingerprint density at radius 1 is 1.39 bits per heavy atom. The number of ether oxygens (including phenoxy) is 1. The maximum Gasteiger partial charge on any atom is 0.138 e. The predicted molar refractivity (Wildman–Crippen MR) is 82.0 cm³/mol. The average Bonchev–Trinajstić information content (AvgIpc) is 2.76. The fourth-order valence-corrected chi connectivity index (χ4v) is 2.97. The monoisotopic (exact) mass is 345 g/mol. The number of rotatable bonds is 5. The molecule has 0 aliphatic heterocycles. The topological polar surface area (TPSA) is 21.3 Å². The smallest absolute Gasteiger partial charge is 0.138 e. The molecule has 0 spiro atoms. The molecule has 0 bridgehead atoms. The Hall–Kier alpha value is -0.710. The highest BCUT2D eigenvalue weighted by Gasteiger charge is 2.03. The molecule has 0 atom stereocenters. The lowest BCUT2D eigenvalue weighted by Gasteiger charge is -2.09. The number of halogens is 2. The second-order valence-corrected chi connectivity index (χ2v) is 6.39. The van der Waals surface area contributed by atoms with Crippen molar-refractivity contribution in [3.05, 3.63) is 44.0 Å². The predicted octanol–water partition coefficient (Wildman–Crippen LogP) is 5.17. The van der Waals surface area contributed by atoms with Gasteiger partial charge in [0.2, 0.25) is 0 Å². The number of hydrogen-bond donors (Lipinski definition) is 1. The summed E-state index contributed by atoms with van der Waals surface area (Å²) in [7, 11) is 0. The van der Waals surface area contributed by atoms with Crippen LogP contribution in [0.1, 0.15) is 12.5 Å². The van der Waals surface area contributed by atoms with Crippen LogP contribution in [0.25, 0.3) is 0 Å². The Kier molecular flexibility index (Phi) is 4.92. The molecule has 5 heteroatoms. The molecule has 0 fully saturated rings. The highest BCUT2D eigenvalue weighted by atomic mass is 79.9. The van der Waals surface area contributed by atoms with Crippen LogP contribution in [0.3, 0.4) is 0 Å². The van der Waals surface area contributed by atoms with Crippen molar-refractivity contribution in [2.45, 2.75) is 13.5 Å². The zero-order chi connectivity index (χ0) is 13.0. The zero-order valence-corrected chi connectivity index (χ0v) is 13.0. The molecule has 1 N–H and O–H groups in total. The van der Waals surface area contributed by atoms with Gasteiger partial charge in [-0.3, -0.25) is 0 Å². The fourth-order valence-electron chi connectivity index (χ4n) is 1.53. The molecule has 2 aromatic rings. The lowest BCUT2D eigenvalue weighted by molar-refractivity contribution is 0.340. The molecule has 18 heavy (non-hydrogen) atoms. The van der Waals surface area contributed by atoms with Crippen molar-refractivity contribution in [3.63, 3.8) is 0 Å². The normalized spacial score (nSPS) is 10.4. The van der Waals surface area contributed by atoms with Gasteiger partial charge in [-0.05, 0) is 58.1 Å². The molecule has 0 saturated heterocycles. The van der Waals surface area contributed by atoms with E-state index in [-0.39, 0.29) is 0 Å². The summed E-state index contributed by atoms with van der Waals surface area (Å²) in [6.45, 7) is 3.35. The van der Waals surface area contributed by atoms with Gasteiger partial charge in [0.1, 0.15) is 5.75 Å². The number of thiophene rings is 1. The average molecular weight is 347 g/mol. The second-order valence-electron chi connectivity index (χ2n) is 3.69. The van der Waals surface area contributed by atoms with Crippen molar-refractivity contribution in [1.29, 1.82) is 0 Å². The molecule has 96 valence electrons. The van der Waals surface area contributed by atoms with Crippen LogP contribution in [0.5, 0.6) is 5.75 Å². The van der Waals surface area contributed by atoms with E-state index in [1.807, 2.05) is 25.1 Å². The Balaban J connectivity index is 1.99. The summed E-state index contributed by atoms with van der Waals surface area (Å²) in [5.74, 6) is 0.725. The van der Waals surface area contributed by atoms with E-state index in [0.29, 0.717) is 11.6 Å². The van der Waals surface area contributed by atoms with E-state index in [9.17, 15) is 0 Å². The van der Waals surface area contributed by atoms with Crippen molar-refractivity contribution in [3.8, 4) is 5.75 Å². The van der Waals surface area contributed by atoms with E-state index >= 15 is 0 Å². The summed E-state index contributed by atoms with van der Waals surface area (Å²) in [6, 6.07) is 7.85. The van der Waals surface area contributed by atoms with Gasteiger partial charge < -0.3 is 10.1 Å². The first-order chi connectivity index (χ1) is 8.69. The van der Waals surface area contributed by atoms with Gasteiger partial charge in [-0.1, -0.05) is 11.6 Å². The number of nitrogens with one attached hydrogen (secondary N) is 1. The number of benzene rings is 1. The van der Waals surface area contributed by atoms with Gasteiger partial charge in [-0.2, -0.15) is 0 Å². The van der Waals surface area contributed by atoms with Crippen LogP contribution in [0.2, 0.25) is 5.02 Å². The van der Waals surface area contributed by atoms with E-state index in [2.05, 4.69) is 32.7 Å². The van der Waals surface area contributed by atoms with E-state index in [0.717, 1.165) is 21.8 Å². The minimum Gasteiger partial charge on any atom is -0.492 e. The first kappa shape index (κ1) is 13.7. The Morgan fingerprint density at radius 2 is 2.22 bits per heavy atom. The molecule has 0 amide bonds. The van der Waals surface area contributed by atoms with Gasteiger partial charge in [0, 0.05) is 12.2 Å². The largest absolute Gasteiger partial charge is 0.492 e. The minimum absolute atomic E-state index is 0.620. The SMILES string of the molecule is CCOc1ccc(NCc2csc(Br)c2)cc1Cl. The quantitative estimate of drug-likeness (QED) is 0.806. The van der Waals surface area contributed by atoms with Crippen LogP contribution in [-0.4, -0.2) is 6.61 Å². The Morgan fingerprint density at radius 3 is 2.83 bits per heavy atom. The lowest BCUT2D eigenvalue weighted by atomic mass is 10.2. The summed E-state index contributed by atoms with van der Waals surface area (Å²) in [4.78, 5) is 0. The molecule has 0 aliphatic rings. The molecule has 2 nitrogen and oxygen atoms in total. The van der Waals surface area contributed by atoms with Crippen LogP contribution in [0, 0.1) is 0 Å². The number of hydrogen-bond acceptors (Lipinski definition) is 3. The van der Waals surface area contributed by atoms with Crippen LogP contribution in [0.4, 0.5) is 5.69 Å².